The lowest BCUT2D eigenvalue weighted by molar-refractivity contribution is -0.384. The number of anilines is 1. The summed E-state index contributed by atoms with van der Waals surface area (Å²) in [5, 5.41) is 11.4. The molecule has 28 heavy (non-hydrogen) atoms. The molecular formula is C19H21N3O5S. The van der Waals surface area contributed by atoms with Gasteiger partial charge in [0.2, 0.25) is 0 Å². The number of hydrogen-bond donors (Lipinski definition) is 0. The topological polar surface area (TPSA) is 101 Å². The maximum Gasteiger partial charge on any atom is 0.293 e. The van der Waals surface area contributed by atoms with Crippen molar-refractivity contribution in [2.75, 3.05) is 37.3 Å². The van der Waals surface area contributed by atoms with Crippen LogP contribution < -0.4 is 4.90 Å². The molecule has 0 spiro atoms. The summed E-state index contributed by atoms with van der Waals surface area (Å²) >= 11 is 0. The predicted molar refractivity (Wildman–Crippen MR) is 106 cm³/mol. The molecule has 3 rings (SSSR count). The Balaban J connectivity index is 1.77. The van der Waals surface area contributed by atoms with Crippen LogP contribution >= 0.6 is 0 Å². The van der Waals surface area contributed by atoms with Crippen LogP contribution in [0, 0.1) is 17.0 Å². The highest BCUT2D eigenvalue weighted by molar-refractivity contribution is 7.90. The monoisotopic (exact) mass is 403 g/mol. The van der Waals surface area contributed by atoms with E-state index in [0.717, 1.165) is 17.9 Å². The summed E-state index contributed by atoms with van der Waals surface area (Å²) < 4.78 is 23.4. The van der Waals surface area contributed by atoms with Gasteiger partial charge in [0, 0.05) is 44.1 Å². The SMILES string of the molecule is Cc1ccc(C(=O)N2CCN(c3ccc(S(C)(=O)=O)cc3[N+](=O)[O-])CC2)cc1. The number of piperazine rings is 1. The smallest absolute Gasteiger partial charge is 0.293 e. The normalized spacial score (nSPS) is 14.8. The molecule has 0 aliphatic carbocycles. The molecule has 0 unspecified atom stereocenters. The number of nitro groups is 1. The number of carbonyl (C=O) groups is 1. The Hall–Kier alpha value is -2.94. The highest BCUT2D eigenvalue weighted by Crippen LogP contribution is 2.31. The summed E-state index contributed by atoms with van der Waals surface area (Å²) in [4.78, 5) is 26.9. The van der Waals surface area contributed by atoms with Crippen molar-refractivity contribution in [3.8, 4) is 0 Å². The van der Waals surface area contributed by atoms with Gasteiger partial charge in [-0.1, -0.05) is 17.7 Å². The second-order valence-electron chi connectivity index (χ2n) is 6.83. The zero-order valence-electron chi connectivity index (χ0n) is 15.7. The Morgan fingerprint density at radius 2 is 1.64 bits per heavy atom. The molecule has 1 aliphatic heterocycles. The summed E-state index contributed by atoms with van der Waals surface area (Å²) in [6, 6.07) is 11.3. The zero-order chi connectivity index (χ0) is 20.5. The van der Waals surface area contributed by atoms with Gasteiger partial charge in [-0.25, -0.2) is 8.42 Å². The minimum atomic E-state index is -3.54. The van der Waals surface area contributed by atoms with Crippen LogP contribution in [0.2, 0.25) is 0 Å². The molecule has 8 nitrogen and oxygen atoms in total. The number of amides is 1. The molecule has 1 fully saturated rings. The lowest BCUT2D eigenvalue weighted by Crippen LogP contribution is -2.49. The van der Waals surface area contributed by atoms with Gasteiger partial charge in [-0.15, -0.1) is 0 Å². The van der Waals surface area contributed by atoms with Gasteiger partial charge in [0.15, 0.2) is 9.84 Å². The average molecular weight is 403 g/mol. The third kappa shape index (κ3) is 4.14. The molecule has 0 radical (unpaired) electrons. The largest absolute Gasteiger partial charge is 0.362 e. The van der Waals surface area contributed by atoms with Crippen molar-refractivity contribution in [3.63, 3.8) is 0 Å². The zero-order valence-corrected chi connectivity index (χ0v) is 16.5. The number of sulfone groups is 1. The fourth-order valence-electron chi connectivity index (χ4n) is 3.18. The Morgan fingerprint density at radius 1 is 1.04 bits per heavy atom. The van der Waals surface area contributed by atoms with Crippen molar-refractivity contribution in [3.05, 3.63) is 63.7 Å². The Morgan fingerprint density at radius 3 is 2.18 bits per heavy atom. The van der Waals surface area contributed by atoms with Gasteiger partial charge in [-0.3, -0.25) is 14.9 Å². The van der Waals surface area contributed by atoms with Gasteiger partial charge in [-0.05, 0) is 31.2 Å². The van der Waals surface area contributed by atoms with E-state index < -0.39 is 14.8 Å². The van der Waals surface area contributed by atoms with E-state index >= 15 is 0 Å². The molecule has 0 N–H and O–H groups in total. The van der Waals surface area contributed by atoms with Gasteiger partial charge in [0.1, 0.15) is 5.69 Å². The summed E-state index contributed by atoms with van der Waals surface area (Å²) in [6.07, 6.45) is 1.02. The molecule has 0 aromatic heterocycles. The van der Waals surface area contributed by atoms with E-state index in [0.29, 0.717) is 37.4 Å². The van der Waals surface area contributed by atoms with Crippen molar-refractivity contribution in [2.45, 2.75) is 11.8 Å². The van der Waals surface area contributed by atoms with E-state index in [1.54, 1.807) is 17.0 Å². The Labute approximate surface area is 163 Å². The molecular weight excluding hydrogens is 382 g/mol. The number of carbonyl (C=O) groups excluding carboxylic acids is 1. The lowest BCUT2D eigenvalue weighted by atomic mass is 10.1. The van der Waals surface area contributed by atoms with Gasteiger partial charge < -0.3 is 9.80 Å². The van der Waals surface area contributed by atoms with E-state index in [-0.39, 0.29) is 16.5 Å². The van der Waals surface area contributed by atoms with Crippen molar-refractivity contribution in [1.82, 2.24) is 4.90 Å². The first kappa shape index (κ1) is 19.8. The molecule has 1 saturated heterocycles. The van der Waals surface area contributed by atoms with Crippen LogP contribution in [0.15, 0.2) is 47.4 Å². The number of nitrogens with zero attached hydrogens (tertiary/aromatic N) is 3. The third-order valence-electron chi connectivity index (χ3n) is 4.78. The maximum atomic E-state index is 12.6. The molecule has 9 heteroatoms. The molecule has 148 valence electrons. The molecule has 2 aromatic carbocycles. The van der Waals surface area contributed by atoms with Crippen LogP contribution in [0.3, 0.4) is 0 Å². The summed E-state index contributed by atoms with van der Waals surface area (Å²) in [7, 11) is -3.54. The Bertz CT molecular complexity index is 1010. The van der Waals surface area contributed by atoms with Crippen LogP contribution in [0.4, 0.5) is 11.4 Å². The van der Waals surface area contributed by atoms with Crippen LogP contribution in [-0.4, -0.2) is 56.6 Å². The second kappa shape index (κ2) is 7.59. The van der Waals surface area contributed by atoms with Gasteiger partial charge in [0.05, 0.1) is 9.82 Å². The molecule has 1 amide bonds. The average Bonchev–Trinajstić information content (AvgIpc) is 2.67. The van der Waals surface area contributed by atoms with E-state index in [2.05, 4.69) is 0 Å². The summed E-state index contributed by atoms with van der Waals surface area (Å²) in [6.45, 7) is 3.66. The minimum Gasteiger partial charge on any atom is -0.362 e. The molecule has 2 aromatic rings. The first-order valence-corrected chi connectivity index (χ1v) is 10.7. The van der Waals surface area contributed by atoms with E-state index in [1.165, 1.54) is 12.1 Å². The number of rotatable bonds is 4. The molecule has 0 saturated carbocycles. The highest BCUT2D eigenvalue weighted by atomic mass is 32.2. The van der Waals surface area contributed by atoms with Gasteiger partial charge in [0.25, 0.3) is 11.6 Å². The number of hydrogen-bond acceptors (Lipinski definition) is 6. The van der Waals surface area contributed by atoms with Crippen molar-refractivity contribution in [2.24, 2.45) is 0 Å². The van der Waals surface area contributed by atoms with Gasteiger partial charge in [-0.2, -0.15) is 0 Å². The molecule has 1 aliphatic rings. The fraction of sp³-hybridized carbons (Fsp3) is 0.316. The van der Waals surface area contributed by atoms with Gasteiger partial charge >= 0.3 is 0 Å². The molecule has 1 heterocycles. The summed E-state index contributed by atoms with van der Waals surface area (Å²) in [5.41, 5.74) is 1.80. The van der Waals surface area contributed by atoms with E-state index in [1.807, 2.05) is 24.0 Å². The quantitative estimate of drug-likeness (QED) is 0.573. The predicted octanol–water partition coefficient (Wildman–Crippen LogP) is 2.27. The van der Waals surface area contributed by atoms with Crippen LogP contribution in [-0.2, 0) is 9.84 Å². The standard InChI is InChI=1S/C19H21N3O5S/c1-14-3-5-15(6-4-14)19(23)21-11-9-20(10-12-21)17-8-7-16(28(2,26)27)13-18(17)22(24)25/h3-8,13H,9-12H2,1-2H3. The first-order chi connectivity index (χ1) is 13.2. The van der Waals surface area contributed by atoms with E-state index in [4.69, 9.17) is 0 Å². The number of nitro benzene ring substituents is 1. The highest BCUT2D eigenvalue weighted by Gasteiger charge is 2.27. The van der Waals surface area contributed by atoms with Crippen LogP contribution in [0.1, 0.15) is 15.9 Å². The van der Waals surface area contributed by atoms with Crippen molar-refractivity contribution >= 4 is 27.1 Å². The van der Waals surface area contributed by atoms with Crippen molar-refractivity contribution < 1.29 is 18.1 Å². The fourth-order valence-corrected chi connectivity index (χ4v) is 3.82. The second-order valence-corrected chi connectivity index (χ2v) is 8.84. The lowest BCUT2D eigenvalue weighted by Gasteiger charge is -2.36. The maximum absolute atomic E-state index is 12.6. The minimum absolute atomic E-state index is 0.0680. The molecule has 0 atom stereocenters. The third-order valence-corrected chi connectivity index (χ3v) is 5.89. The van der Waals surface area contributed by atoms with Crippen LogP contribution in [0.25, 0.3) is 0 Å². The summed E-state index contributed by atoms with van der Waals surface area (Å²) in [5.74, 6) is -0.0680. The molecule has 0 bridgehead atoms. The number of benzene rings is 2. The number of aryl methyl sites for hydroxylation is 1. The van der Waals surface area contributed by atoms with E-state index in [9.17, 15) is 23.3 Å². The first-order valence-electron chi connectivity index (χ1n) is 8.76. The van der Waals surface area contributed by atoms with Crippen LogP contribution in [0.5, 0.6) is 0 Å². The van der Waals surface area contributed by atoms with Crippen molar-refractivity contribution in [1.29, 1.82) is 0 Å². The Kier molecular flexibility index (Phi) is 5.37.